The van der Waals surface area contributed by atoms with Crippen LogP contribution in [0, 0.1) is 36.0 Å². The summed E-state index contributed by atoms with van der Waals surface area (Å²) in [7, 11) is 0. The van der Waals surface area contributed by atoms with Crippen molar-refractivity contribution in [1.82, 2.24) is 9.78 Å². The maximum absolute atomic E-state index is 13.5. The zero-order chi connectivity index (χ0) is 19.8. The molecular weight excluding hydrogens is 366 g/mol. The van der Waals surface area contributed by atoms with E-state index in [0.29, 0.717) is 23.6 Å². The molecule has 0 radical (unpaired) electrons. The minimum Gasteiger partial charge on any atom is -0.310 e. The molecular formula is C22H27N5O2. The summed E-state index contributed by atoms with van der Waals surface area (Å²) < 4.78 is 1.55. The minimum absolute atomic E-state index is 0.117. The summed E-state index contributed by atoms with van der Waals surface area (Å²) in [5.41, 5.74) is 1.45. The molecule has 7 rings (SSSR count). The standard InChI is InChI=1S/C22H27N5O2/c1-12-5-18(27(26-12)21-23-17-4-2-3-16(17)19(28)25-21)24-20(29)22-9-13-6-14(10-22)8-15(7-13)11-22/h5,13-16H,2-4,6-11H2,1H3,(H,24,29). The van der Waals surface area contributed by atoms with Gasteiger partial charge in [0.25, 0.3) is 11.9 Å². The smallest absolute Gasteiger partial charge is 0.257 e. The van der Waals surface area contributed by atoms with Gasteiger partial charge in [-0.3, -0.25) is 9.59 Å². The van der Waals surface area contributed by atoms with E-state index in [9.17, 15) is 9.59 Å². The third-order valence-corrected chi connectivity index (χ3v) is 7.86. The van der Waals surface area contributed by atoms with Crippen molar-refractivity contribution in [3.8, 4) is 0 Å². The molecule has 7 heteroatoms. The lowest BCUT2D eigenvalue weighted by atomic mass is 9.49. The molecule has 1 aromatic heterocycles. The summed E-state index contributed by atoms with van der Waals surface area (Å²) in [6.45, 7) is 1.88. The topological polar surface area (TPSA) is 88.7 Å². The lowest BCUT2D eigenvalue weighted by Gasteiger charge is -2.55. The summed E-state index contributed by atoms with van der Waals surface area (Å²) in [6.07, 6.45) is 9.62. The predicted molar refractivity (Wildman–Crippen MR) is 109 cm³/mol. The van der Waals surface area contributed by atoms with Crippen LogP contribution in [0.1, 0.15) is 63.5 Å². The zero-order valence-corrected chi connectivity index (χ0v) is 16.9. The highest BCUT2D eigenvalue weighted by molar-refractivity contribution is 6.17. The molecule has 1 aliphatic heterocycles. The Morgan fingerprint density at radius 1 is 1.14 bits per heavy atom. The Morgan fingerprint density at radius 3 is 2.52 bits per heavy atom. The number of aryl methyl sites for hydroxylation is 1. The van der Waals surface area contributed by atoms with E-state index in [-0.39, 0.29) is 29.1 Å². The average molecular weight is 393 g/mol. The number of rotatable bonds is 2. The first-order chi connectivity index (χ1) is 14.0. The van der Waals surface area contributed by atoms with Gasteiger partial charge in [-0.05, 0) is 82.5 Å². The van der Waals surface area contributed by atoms with Crippen molar-refractivity contribution in [3.05, 3.63) is 11.8 Å². The van der Waals surface area contributed by atoms with Gasteiger partial charge in [0.05, 0.1) is 17.0 Å². The highest BCUT2D eigenvalue weighted by Crippen LogP contribution is 2.60. The fourth-order valence-corrected chi connectivity index (χ4v) is 7.03. The lowest BCUT2D eigenvalue weighted by molar-refractivity contribution is -0.140. The van der Waals surface area contributed by atoms with Gasteiger partial charge in [-0.2, -0.15) is 14.8 Å². The van der Waals surface area contributed by atoms with Crippen LogP contribution < -0.4 is 5.32 Å². The van der Waals surface area contributed by atoms with Crippen molar-refractivity contribution >= 4 is 29.3 Å². The van der Waals surface area contributed by atoms with Crippen molar-refractivity contribution < 1.29 is 9.59 Å². The first-order valence-corrected chi connectivity index (χ1v) is 11.1. The number of hydrogen-bond acceptors (Lipinski definition) is 4. The van der Waals surface area contributed by atoms with E-state index in [0.717, 1.165) is 49.9 Å². The molecule has 29 heavy (non-hydrogen) atoms. The quantitative estimate of drug-likeness (QED) is 0.836. The Bertz CT molecular complexity index is 937. The van der Waals surface area contributed by atoms with Gasteiger partial charge in [-0.1, -0.05) is 0 Å². The molecule has 2 heterocycles. The fourth-order valence-electron chi connectivity index (χ4n) is 7.03. The van der Waals surface area contributed by atoms with Crippen LogP contribution in [0.4, 0.5) is 5.82 Å². The number of carbonyl (C=O) groups excluding carboxylic acids is 2. The number of fused-ring (bicyclic) bond motifs is 1. The maximum Gasteiger partial charge on any atom is 0.257 e. The van der Waals surface area contributed by atoms with Gasteiger partial charge in [0.1, 0.15) is 5.82 Å². The molecule has 4 bridgehead atoms. The normalized spacial score (nSPS) is 37.3. The SMILES string of the molecule is Cc1cc(NC(=O)C23CC4CC(CC(C4)C2)C3)n(C2=NC(=O)C3CCCC3=N2)n1. The van der Waals surface area contributed by atoms with E-state index in [1.807, 2.05) is 13.0 Å². The molecule has 152 valence electrons. The summed E-state index contributed by atoms with van der Waals surface area (Å²) in [4.78, 5) is 34.7. The van der Waals surface area contributed by atoms with Crippen LogP contribution in [-0.2, 0) is 9.59 Å². The van der Waals surface area contributed by atoms with E-state index >= 15 is 0 Å². The fraction of sp³-hybridized carbons (Fsp3) is 0.682. The Morgan fingerprint density at radius 2 is 1.83 bits per heavy atom. The highest BCUT2D eigenvalue weighted by Gasteiger charge is 2.54. The van der Waals surface area contributed by atoms with Crippen LogP contribution >= 0.6 is 0 Å². The first-order valence-electron chi connectivity index (χ1n) is 11.1. The second-order valence-electron chi connectivity index (χ2n) is 10.0. The van der Waals surface area contributed by atoms with Crippen molar-refractivity contribution in [3.63, 3.8) is 0 Å². The summed E-state index contributed by atoms with van der Waals surface area (Å²) in [5, 5.41) is 7.65. The van der Waals surface area contributed by atoms with Crippen LogP contribution in [0.3, 0.4) is 0 Å². The molecule has 0 saturated heterocycles. The Balaban J connectivity index is 1.30. The predicted octanol–water partition coefficient (Wildman–Crippen LogP) is 3.33. The van der Waals surface area contributed by atoms with E-state index in [1.54, 1.807) is 4.68 Å². The van der Waals surface area contributed by atoms with Gasteiger partial charge in [-0.15, -0.1) is 0 Å². The third kappa shape index (κ3) is 2.73. The molecule has 2 amide bonds. The van der Waals surface area contributed by atoms with Crippen LogP contribution in [0.5, 0.6) is 0 Å². The van der Waals surface area contributed by atoms with Crippen LogP contribution in [0.25, 0.3) is 0 Å². The van der Waals surface area contributed by atoms with Crippen molar-refractivity contribution in [2.24, 2.45) is 39.1 Å². The molecule has 6 aliphatic rings. The van der Waals surface area contributed by atoms with Gasteiger partial charge in [0.15, 0.2) is 0 Å². The molecule has 5 saturated carbocycles. The van der Waals surface area contributed by atoms with Gasteiger partial charge in [0.2, 0.25) is 5.91 Å². The molecule has 5 fully saturated rings. The number of nitrogens with one attached hydrogen (secondary N) is 1. The maximum atomic E-state index is 13.5. The molecule has 5 aliphatic carbocycles. The van der Waals surface area contributed by atoms with E-state index < -0.39 is 0 Å². The lowest BCUT2D eigenvalue weighted by Crippen LogP contribution is -2.52. The van der Waals surface area contributed by atoms with Gasteiger partial charge < -0.3 is 5.32 Å². The molecule has 1 unspecified atom stereocenters. The number of amides is 2. The van der Waals surface area contributed by atoms with Crippen LogP contribution in [-0.4, -0.2) is 33.3 Å². The van der Waals surface area contributed by atoms with Crippen LogP contribution in [0.2, 0.25) is 0 Å². The molecule has 1 aromatic rings. The van der Waals surface area contributed by atoms with Crippen molar-refractivity contribution in [1.29, 1.82) is 0 Å². The number of anilines is 1. The highest BCUT2D eigenvalue weighted by atomic mass is 16.2. The van der Waals surface area contributed by atoms with E-state index in [4.69, 9.17) is 0 Å². The number of hydrogen-bond donors (Lipinski definition) is 1. The van der Waals surface area contributed by atoms with Crippen molar-refractivity contribution in [2.75, 3.05) is 5.32 Å². The largest absolute Gasteiger partial charge is 0.310 e. The zero-order valence-electron chi connectivity index (χ0n) is 16.9. The molecule has 1 N–H and O–H groups in total. The van der Waals surface area contributed by atoms with E-state index in [2.05, 4.69) is 20.4 Å². The van der Waals surface area contributed by atoms with E-state index in [1.165, 1.54) is 19.3 Å². The number of aromatic nitrogens is 2. The second kappa shape index (κ2) is 6.09. The number of nitrogens with zero attached hydrogens (tertiary/aromatic N) is 4. The monoisotopic (exact) mass is 393 g/mol. The van der Waals surface area contributed by atoms with Gasteiger partial charge in [-0.25, -0.2) is 4.99 Å². The van der Waals surface area contributed by atoms with Gasteiger partial charge in [0, 0.05) is 11.8 Å². The molecule has 0 aromatic carbocycles. The molecule has 0 spiro atoms. The van der Waals surface area contributed by atoms with Gasteiger partial charge >= 0.3 is 0 Å². The average Bonchev–Trinajstić information content (AvgIpc) is 3.27. The number of aliphatic imine (C=N–C) groups is 2. The molecule has 7 nitrogen and oxygen atoms in total. The summed E-state index contributed by atoms with van der Waals surface area (Å²) in [6, 6.07) is 1.85. The Labute approximate surface area is 170 Å². The second-order valence-corrected chi connectivity index (χ2v) is 10.0. The Hall–Kier alpha value is -2.31. The summed E-state index contributed by atoms with van der Waals surface area (Å²) in [5.74, 6) is 2.84. The first kappa shape index (κ1) is 17.5. The van der Waals surface area contributed by atoms with Crippen molar-refractivity contribution in [2.45, 2.75) is 64.7 Å². The Kier molecular flexibility index (Phi) is 3.69. The number of carbonyl (C=O) groups is 2. The summed E-state index contributed by atoms with van der Waals surface area (Å²) >= 11 is 0. The van der Waals surface area contributed by atoms with Crippen LogP contribution in [0.15, 0.2) is 16.1 Å². The molecule has 1 atom stereocenters. The third-order valence-electron chi connectivity index (χ3n) is 7.86. The minimum atomic E-state index is -0.232.